The van der Waals surface area contributed by atoms with Crippen LogP contribution >= 0.6 is 0 Å². The van der Waals surface area contributed by atoms with Gasteiger partial charge in [0.25, 0.3) is 0 Å². The number of urea groups is 1. The molecule has 1 aliphatic heterocycles. The highest BCUT2D eigenvalue weighted by molar-refractivity contribution is 5.74. The predicted octanol–water partition coefficient (Wildman–Crippen LogP) is 3.16. The van der Waals surface area contributed by atoms with Crippen molar-refractivity contribution in [1.29, 1.82) is 0 Å². The van der Waals surface area contributed by atoms with Crippen LogP contribution in [0.15, 0.2) is 18.2 Å². The molecule has 150 valence electrons. The van der Waals surface area contributed by atoms with Crippen molar-refractivity contribution in [2.75, 3.05) is 33.9 Å². The standard InChI is InChI=1S/C21H33N3O3/c1-26-19-9-5-8-17(20(19)27-2)14-22-21(25)23-18-10-12-24(13-11-18)15-16-6-3-4-7-16/h5,8-9,16,18H,3-4,6-7,10-15H2,1-2H3,(H2,22,23,25). The van der Waals surface area contributed by atoms with Gasteiger partial charge in [0.1, 0.15) is 0 Å². The number of rotatable bonds is 7. The van der Waals surface area contributed by atoms with Crippen LogP contribution in [0.2, 0.25) is 0 Å². The van der Waals surface area contributed by atoms with Crippen LogP contribution in [-0.2, 0) is 6.54 Å². The molecule has 0 bridgehead atoms. The Morgan fingerprint density at radius 2 is 1.85 bits per heavy atom. The summed E-state index contributed by atoms with van der Waals surface area (Å²) in [4.78, 5) is 14.9. The van der Waals surface area contributed by atoms with Crippen molar-refractivity contribution in [3.8, 4) is 11.5 Å². The zero-order valence-corrected chi connectivity index (χ0v) is 16.6. The Kier molecular flexibility index (Phi) is 7.21. The summed E-state index contributed by atoms with van der Waals surface area (Å²) in [7, 11) is 3.22. The highest BCUT2D eigenvalue weighted by Crippen LogP contribution is 2.30. The fraction of sp³-hybridized carbons (Fsp3) is 0.667. The minimum Gasteiger partial charge on any atom is -0.493 e. The van der Waals surface area contributed by atoms with E-state index in [-0.39, 0.29) is 12.1 Å². The lowest BCUT2D eigenvalue weighted by atomic mass is 10.0. The normalized spacial score (nSPS) is 19.0. The summed E-state index contributed by atoms with van der Waals surface area (Å²) in [5.74, 6) is 2.24. The Morgan fingerprint density at radius 1 is 1.11 bits per heavy atom. The van der Waals surface area contributed by atoms with Gasteiger partial charge in [-0.25, -0.2) is 4.79 Å². The molecule has 0 radical (unpaired) electrons. The largest absolute Gasteiger partial charge is 0.493 e. The van der Waals surface area contributed by atoms with Gasteiger partial charge in [-0.15, -0.1) is 0 Å². The maximum absolute atomic E-state index is 12.3. The first-order valence-corrected chi connectivity index (χ1v) is 10.2. The number of piperidine rings is 1. The van der Waals surface area contributed by atoms with E-state index in [4.69, 9.17) is 9.47 Å². The number of methoxy groups -OCH3 is 2. The van der Waals surface area contributed by atoms with Crippen LogP contribution in [0.4, 0.5) is 4.79 Å². The van der Waals surface area contributed by atoms with Gasteiger partial charge in [-0.2, -0.15) is 0 Å². The number of hydrogen-bond acceptors (Lipinski definition) is 4. The van der Waals surface area contributed by atoms with Crippen LogP contribution in [0.3, 0.4) is 0 Å². The zero-order valence-electron chi connectivity index (χ0n) is 16.6. The Labute approximate surface area is 162 Å². The van der Waals surface area contributed by atoms with Crippen LogP contribution < -0.4 is 20.1 Å². The van der Waals surface area contributed by atoms with Crippen LogP contribution in [-0.4, -0.2) is 50.8 Å². The molecule has 2 amide bonds. The number of likely N-dealkylation sites (tertiary alicyclic amines) is 1. The third-order valence-electron chi connectivity index (χ3n) is 5.84. The molecular weight excluding hydrogens is 342 g/mol. The van der Waals surface area contributed by atoms with E-state index in [9.17, 15) is 4.79 Å². The topological polar surface area (TPSA) is 62.8 Å². The average molecular weight is 376 g/mol. The van der Waals surface area contributed by atoms with Gasteiger partial charge >= 0.3 is 6.03 Å². The third kappa shape index (κ3) is 5.51. The Bertz CT molecular complexity index is 609. The Morgan fingerprint density at radius 3 is 2.52 bits per heavy atom. The number of ether oxygens (including phenoxy) is 2. The van der Waals surface area contributed by atoms with Crippen molar-refractivity contribution in [2.45, 2.75) is 51.1 Å². The minimum atomic E-state index is -0.117. The Hall–Kier alpha value is -1.95. The minimum absolute atomic E-state index is 0.117. The van der Waals surface area contributed by atoms with Gasteiger partial charge in [0.15, 0.2) is 11.5 Å². The first kappa shape index (κ1) is 19.8. The number of amides is 2. The molecule has 3 rings (SSSR count). The van der Waals surface area contributed by atoms with Gasteiger partial charge < -0.3 is 25.0 Å². The summed E-state index contributed by atoms with van der Waals surface area (Å²) in [6.07, 6.45) is 7.66. The molecule has 0 unspecified atom stereocenters. The van der Waals surface area contributed by atoms with Gasteiger partial charge in [-0.05, 0) is 37.7 Å². The van der Waals surface area contributed by atoms with Gasteiger partial charge in [0, 0.05) is 37.8 Å². The fourth-order valence-corrected chi connectivity index (χ4v) is 4.32. The maximum atomic E-state index is 12.3. The summed E-state index contributed by atoms with van der Waals surface area (Å²) >= 11 is 0. The summed E-state index contributed by atoms with van der Waals surface area (Å²) in [5, 5.41) is 6.06. The number of benzene rings is 1. The third-order valence-corrected chi connectivity index (χ3v) is 5.84. The number of hydrogen-bond donors (Lipinski definition) is 2. The lowest BCUT2D eigenvalue weighted by molar-refractivity contribution is 0.171. The van der Waals surface area contributed by atoms with Gasteiger partial charge in [-0.3, -0.25) is 0 Å². The first-order chi connectivity index (χ1) is 13.2. The van der Waals surface area contributed by atoms with Crippen molar-refractivity contribution >= 4 is 6.03 Å². The molecule has 2 fully saturated rings. The van der Waals surface area contributed by atoms with Crippen molar-refractivity contribution in [3.05, 3.63) is 23.8 Å². The number of para-hydroxylation sites is 1. The fourth-order valence-electron chi connectivity index (χ4n) is 4.32. The predicted molar refractivity (Wildman–Crippen MR) is 106 cm³/mol. The molecule has 1 saturated carbocycles. The summed E-state index contributed by atoms with van der Waals surface area (Å²) in [6.45, 7) is 3.83. The molecule has 0 atom stereocenters. The van der Waals surface area contributed by atoms with E-state index in [1.54, 1.807) is 14.2 Å². The van der Waals surface area contributed by atoms with Crippen LogP contribution in [0.25, 0.3) is 0 Å². The van der Waals surface area contributed by atoms with Gasteiger partial charge in [0.2, 0.25) is 0 Å². The lowest BCUT2D eigenvalue weighted by Gasteiger charge is -2.33. The van der Waals surface area contributed by atoms with E-state index < -0.39 is 0 Å². The molecule has 1 aliphatic carbocycles. The zero-order chi connectivity index (χ0) is 19.1. The number of carbonyl (C=O) groups is 1. The van der Waals surface area contributed by atoms with E-state index in [2.05, 4.69) is 15.5 Å². The molecule has 2 aliphatic rings. The molecule has 6 nitrogen and oxygen atoms in total. The second kappa shape index (κ2) is 9.83. The molecule has 1 heterocycles. The van der Waals surface area contributed by atoms with Crippen molar-refractivity contribution < 1.29 is 14.3 Å². The monoisotopic (exact) mass is 375 g/mol. The van der Waals surface area contributed by atoms with Crippen LogP contribution in [0, 0.1) is 5.92 Å². The highest BCUT2D eigenvalue weighted by Gasteiger charge is 2.24. The smallest absolute Gasteiger partial charge is 0.315 e. The molecule has 0 aromatic heterocycles. The summed E-state index contributed by atoms with van der Waals surface area (Å²) < 4.78 is 10.7. The van der Waals surface area contributed by atoms with Gasteiger partial charge in [0.05, 0.1) is 14.2 Å². The SMILES string of the molecule is COc1cccc(CNC(=O)NC2CCN(CC3CCCC3)CC2)c1OC. The molecule has 0 spiro atoms. The summed E-state index contributed by atoms with van der Waals surface area (Å²) in [6, 6.07) is 5.83. The van der Waals surface area contributed by atoms with E-state index in [1.165, 1.54) is 32.2 Å². The van der Waals surface area contributed by atoms with Crippen molar-refractivity contribution in [2.24, 2.45) is 5.92 Å². The van der Waals surface area contributed by atoms with Crippen molar-refractivity contribution in [3.63, 3.8) is 0 Å². The van der Waals surface area contributed by atoms with Gasteiger partial charge in [-0.1, -0.05) is 25.0 Å². The van der Waals surface area contributed by atoms with E-state index in [0.29, 0.717) is 18.0 Å². The molecule has 1 saturated heterocycles. The Balaban J connectivity index is 1.40. The molecular formula is C21H33N3O3. The van der Waals surface area contributed by atoms with Crippen LogP contribution in [0.5, 0.6) is 11.5 Å². The van der Waals surface area contributed by atoms with E-state index >= 15 is 0 Å². The molecule has 27 heavy (non-hydrogen) atoms. The molecule has 6 heteroatoms. The lowest BCUT2D eigenvalue weighted by Crippen LogP contribution is -2.48. The van der Waals surface area contributed by atoms with Crippen LogP contribution in [0.1, 0.15) is 44.1 Å². The summed E-state index contributed by atoms with van der Waals surface area (Å²) in [5.41, 5.74) is 0.901. The quantitative estimate of drug-likeness (QED) is 0.768. The highest BCUT2D eigenvalue weighted by atomic mass is 16.5. The maximum Gasteiger partial charge on any atom is 0.315 e. The second-order valence-electron chi connectivity index (χ2n) is 7.71. The molecule has 2 N–H and O–H groups in total. The number of nitrogens with zero attached hydrogens (tertiary/aromatic N) is 1. The van der Waals surface area contributed by atoms with Crippen molar-refractivity contribution in [1.82, 2.24) is 15.5 Å². The average Bonchev–Trinajstić information content (AvgIpc) is 3.20. The van der Waals surface area contributed by atoms with E-state index in [1.807, 2.05) is 18.2 Å². The molecule has 1 aromatic carbocycles. The first-order valence-electron chi connectivity index (χ1n) is 10.2. The number of carbonyl (C=O) groups excluding carboxylic acids is 1. The second-order valence-corrected chi connectivity index (χ2v) is 7.71. The van der Waals surface area contributed by atoms with E-state index in [0.717, 1.165) is 37.4 Å². The number of nitrogens with one attached hydrogen (secondary N) is 2. The molecule has 1 aromatic rings.